The van der Waals surface area contributed by atoms with E-state index in [-0.39, 0.29) is 0 Å². The van der Waals surface area contributed by atoms with E-state index in [1.54, 1.807) is 0 Å². The topological polar surface area (TPSA) is 27.7 Å². The quantitative estimate of drug-likeness (QED) is 0.456. The van der Waals surface area contributed by atoms with Gasteiger partial charge in [0.25, 0.3) is 0 Å². The van der Waals surface area contributed by atoms with Crippen LogP contribution >= 0.6 is 0 Å². The summed E-state index contributed by atoms with van der Waals surface area (Å²) >= 11 is 0. The molecule has 2 radical (unpaired) electrons. The van der Waals surface area contributed by atoms with Gasteiger partial charge in [-0.3, -0.25) is 0 Å². The van der Waals surface area contributed by atoms with Crippen molar-refractivity contribution in [3.05, 3.63) is 76.9 Å². The summed E-state index contributed by atoms with van der Waals surface area (Å²) in [5.41, 5.74) is 4.53. The van der Waals surface area contributed by atoms with Crippen LogP contribution in [0.4, 0.5) is 0 Å². The van der Waals surface area contributed by atoms with E-state index in [4.69, 9.17) is 13.9 Å². The van der Waals surface area contributed by atoms with E-state index in [1.807, 2.05) is 68.9 Å². The second-order valence-electron chi connectivity index (χ2n) is 6.80. The van der Waals surface area contributed by atoms with Crippen molar-refractivity contribution >= 4 is 9.76 Å². The summed E-state index contributed by atoms with van der Waals surface area (Å²) in [7, 11) is 0.398. The first-order chi connectivity index (χ1) is 12.9. The van der Waals surface area contributed by atoms with Gasteiger partial charge >= 0.3 is 9.76 Å². The third kappa shape index (κ3) is 5.38. The Kier molecular flexibility index (Phi) is 5.87. The molecule has 3 aromatic carbocycles. The zero-order valence-electron chi connectivity index (χ0n) is 16.4. The molecule has 0 atom stereocenters. The summed E-state index contributed by atoms with van der Waals surface area (Å²) < 4.78 is 17.8. The second-order valence-corrected chi connectivity index (χ2v) is 7.41. The maximum absolute atomic E-state index is 6.10. The van der Waals surface area contributed by atoms with Gasteiger partial charge in [-0.1, -0.05) is 6.07 Å². The lowest BCUT2D eigenvalue weighted by molar-refractivity contribution is 0.457. The van der Waals surface area contributed by atoms with Crippen molar-refractivity contribution < 1.29 is 13.9 Å². The Morgan fingerprint density at radius 1 is 0.481 bits per heavy atom. The third-order valence-corrected chi connectivity index (χ3v) is 4.38. The minimum atomic E-state index is 0.398. The number of hydrogen-bond donors (Lipinski definition) is 0. The van der Waals surface area contributed by atoms with Crippen LogP contribution < -0.4 is 13.9 Å². The highest BCUT2D eigenvalue weighted by molar-refractivity contribution is 6.26. The molecule has 0 bridgehead atoms. The molecule has 0 fully saturated rings. The van der Waals surface area contributed by atoms with Gasteiger partial charge in [-0.25, -0.2) is 0 Å². The van der Waals surface area contributed by atoms with Crippen LogP contribution in [0, 0.1) is 27.7 Å². The summed E-state index contributed by atoms with van der Waals surface area (Å²) in [6.07, 6.45) is 0. The molecule has 0 heterocycles. The highest BCUT2D eigenvalue weighted by atomic mass is 28.2. The van der Waals surface area contributed by atoms with Crippen molar-refractivity contribution in [3.63, 3.8) is 0 Å². The molecule has 4 heteroatoms. The molecule has 0 aliphatic heterocycles. The Morgan fingerprint density at radius 3 is 1.26 bits per heavy atom. The summed E-state index contributed by atoms with van der Waals surface area (Å²) in [5.74, 6) is 3.91. The van der Waals surface area contributed by atoms with Crippen molar-refractivity contribution in [2.24, 2.45) is 0 Å². The van der Waals surface area contributed by atoms with Gasteiger partial charge in [0.2, 0.25) is 0 Å². The zero-order valence-corrected chi connectivity index (χ0v) is 17.4. The SMILES string of the molecule is C[Si]Oc1cc(C)cc(Oc2cc(C)cc(Oc3cc(C)cc(C)c3)c2)c1. The van der Waals surface area contributed by atoms with Crippen molar-refractivity contribution in [2.75, 3.05) is 0 Å². The van der Waals surface area contributed by atoms with Gasteiger partial charge in [0.1, 0.15) is 28.7 Å². The van der Waals surface area contributed by atoms with Gasteiger partial charge in [-0.15, -0.1) is 0 Å². The molecule has 0 aromatic heterocycles. The normalized spacial score (nSPS) is 10.6. The molecule has 0 spiro atoms. The van der Waals surface area contributed by atoms with E-state index in [9.17, 15) is 0 Å². The van der Waals surface area contributed by atoms with Crippen LogP contribution in [0.2, 0.25) is 6.55 Å². The summed E-state index contributed by atoms with van der Waals surface area (Å²) in [5, 5.41) is 0. The van der Waals surface area contributed by atoms with E-state index in [0.29, 0.717) is 9.76 Å². The van der Waals surface area contributed by atoms with Crippen molar-refractivity contribution in [1.29, 1.82) is 0 Å². The average molecular weight is 377 g/mol. The number of ether oxygens (including phenoxy) is 2. The maximum Gasteiger partial charge on any atom is 0.307 e. The van der Waals surface area contributed by atoms with Crippen LogP contribution in [-0.4, -0.2) is 9.76 Å². The first-order valence-electron chi connectivity index (χ1n) is 8.92. The standard InChI is InChI=1S/C23H24O3Si/c1-15-6-16(2)8-19(7-15)24-20-9-17(3)10-21(13-20)25-22-11-18(4)12-23(14-22)26-27-5/h6-14H,1-5H3. The fraction of sp³-hybridized carbons (Fsp3) is 0.217. The van der Waals surface area contributed by atoms with E-state index in [2.05, 4.69) is 19.9 Å². The molecule has 3 rings (SSSR count). The highest BCUT2D eigenvalue weighted by Crippen LogP contribution is 2.32. The number of hydrogen-bond acceptors (Lipinski definition) is 3. The number of benzene rings is 3. The van der Waals surface area contributed by atoms with Crippen molar-refractivity contribution in [2.45, 2.75) is 34.2 Å². The van der Waals surface area contributed by atoms with Crippen LogP contribution in [0.1, 0.15) is 22.3 Å². The van der Waals surface area contributed by atoms with Gasteiger partial charge in [-0.05, 0) is 92.9 Å². The largest absolute Gasteiger partial charge is 0.541 e. The van der Waals surface area contributed by atoms with E-state index < -0.39 is 0 Å². The third-order valence-electron chi connectivity index (χ3n) is 3.94. The lowest BCUT2D eigenvalue weighted by Crippen LogP contribution is -1.96. The average Bonchev–Trinajstić information content (AvgIpc) is 2.52. The minimum Gasteiger partial charge on any atom is -0.541 e. The van der Waals surface area contributed by atoms with Gasteiger partial charge in [0, 0.05) is 12.1 Å². The molecule has 3 nitrogen and oxygen atoms in total. The van der Waals surface area contributed by atoms with Crippen molar-refractivity contribution in [3.8, 4) is 28.7 Å². The molecular weight excluding hydrogens is 352 g/mol. The molecular formula is C23H24O3Si. The second kappa shape index (κ2) is 8.31. The Bertz CT molecular complexity index is 930. The highest BCUT2D eigenvalue weighted by Gasteiger charge is 2.07. The maximum atomic E-state index is 6.10. The van der Waals surface area contributed by atoms with E-state index >= 15 is 0 Å². The first kappa shape index (κ1) is 19.0. The molecule has 0 N–H and O–H groups in total. The lowest BCUT2D eigenvalue weighted by Gasteiger charge is -2.13. The van der Waals surface area contributed by atoms with E-state index in [1.165, 1.54) is 11.1 Å². The van der Waals surface area contributed by atoms with Gasteiger partial charge in [0.05, 0.1) is 0 Å². The fourth-order valence-electron chi connectivity index (χ4n) is 3.05. The number of rotatable bonds is 6. The molecule has 138 valence electrons. The molecule has 27 heavy (non-hydrogen) atoms. The molecule has 0 aliphatic carbocycles. The molecule has 0 saturated heterocycles. The van der Waals surface area contributed by atoms with Gasteiger partial charge < -0.3 is 13.9 Å². The predicted octanol–water partition coefficient (Wildman–Crippen LogP) is 6.55. The molecule has 0 amide bonds. The number of aryl methyl sites for hydroxylation is 4. The summed E-state index contributed by atoms with van der Waals surface area (Å²) in [6, 6.07) is 18.0. The van der Waals surface area contributed by atoms with Crippen LogP contribution in [0.3, 0.4) is 0 Å². The lowest BCUT2D eigenvalue weighted by atomic mass is 10.1. The van der Waals surface area contributed by atoms with Crippen LogP contribution in [-0.2, 0) is 0 Å². The van der Waals surface area contributed by atoms with Crippen LogP contribution in [0.5, 0.6) is 28.7 Å². The monoisotopic (exact) mass is 376 g/mol. The van der Waals surface area contributed by atoms with Gasteiger partial charge in [0.15, 0.2) is 0 Å². The molecule has 0 saturated carbocycles. The molecule has 0 aliphatic rings. The van der Waals surface area contributed by atoms with Crippen molar-refractivity contribution in [1.82, 2.24) is 0 Å². The molecule has 0 unspecified atom stereocenters. The summed E-state index contributed by atoms with van der Waals surface area (Å²) in [4.78, 5) is 0. The van der Waals surface area contributed by atoms with Gasteiger partial charge in [-0.2, -0.15) is 0 Å². The van der Waals surface area contributed by atoms with Crippen LogP contribution in [0.15, 0.2) is 54.6 Å². The zero-order chi connectivity index (χ0) is 19.4. The van der Waals surface area contributed by atoms with E-state index in [0.717, 1.165) is 39.9 Å². The summed E-state index contributed by atoms with van der Waals surface area (Å²) in [6.45, 7) is 10.2. The van der Waals surface area contributed by atoms with Crippen LogP contribution in [0.25, 0.3) is 0 Å². The smallest absolute Gasteiger partial charge is 0.307 e. The fourth-order valence-corrected chi connectivity index (χ4v) is 3.40. The Balaban J connectivity index is 1.85. The Labute approximate surface area is 163 Å². The molecule has 3 aromatic rings. The first-order valence-corrected chi connectivity index (χ1v) is 10.3. The minimum absolute atomic E-state index is 0.398. The predicted molar refractivity (Wildman–Crippen MR) is 111 cm³/mol. The Morgan fingerprint density at radius 2 is 0.815 bits per heavy atom. The Hall–Kier alpha value is -2.72.